The minimum atomic E-state index is -4.32. The Morgan fingerprint density at radius 1 is 0.514 bits per heavy atom. The highest BCUT2D eigenvalue weighted by molar-refractivity contribution is 5.97. The molecule has 1 N–H and O–H groups in total. The van der Waals surface area contributed by atoms with Crippen LogP contribution in [0.1, 0.15) is 154 Å². The van der Waals surface area contributed by atoms with Gasteiger partial charge in [0.15, 0.2) is 0 Å². The predicted octanol–water partition coefficient (Wildman–Crippen LogP) is 17.9. The van der Waals surface area contributed by atoms with E-state index in [1.165, 1.54) is 42.6 Å². The number of phenolic OH excluding ortho intramolecular Hbond substituents is 1. The van der Waals surface area contributed by atoms with Crippen molar-refractivity contribution in [1.82, 2.24) is 14.5 Å². The van der Waals surface area contributed by atoms with E-state index >= 15 is 0 Å². The van der Waals surface area contributed by atoms with Crippen LogP contribution in [0.25, 0.3) is 83.9 Å². The number of nitrogens with zero attached hydrogens (tertiary/aromatic N) is 3. The maximum atomic E-state index is 13.2. The molecule has 2 aromatic heterocycles. The maximum absolute atomic E-state index is 13.2. The van der Waals surface area contributed by atoms with Gasteiger partial charge in [-0.2, -0.15) is 0 Å². The van der Waals surface area contributed by atoms with Crippen LogP contribution in [0, 0.1) is 13.7 Å². The molecule has 354 valence electrons. The Balaban J connectivity index is 1.50. The summed E-state index contributed by atoms with van der Waals surface area (Å²) >= 11 is 0. The fourth-order valence-corrected chi connectivity index (χ4v) is 8.86. The average Bonchev–Trinajstić information content (AvgIpc) is 0.860. The van der Waals surface area contributed by atoms with Crippen molar-refractivity contribution in [2.75, 3.05) is 0 Å². The topological polar surface area (TPSA) is 50.9 Å². The Morgan fingerprint density at radius 2 is 1.23 bits per heavy atom. The summed E-state index contributed by atoms with van der Waals surface area (Å²) in [6.45, 7) is -20.0. The number of hydrogen-bond donors (Lipinski definition) is 1. The molecular formula is C66H69N3O. The summed E-state index contributed by atoms with van der Waals surface area (Å²) in [5, 5.41) is 13.2. The quantitative estimate of drug-likeness (QED) is 0.173. The summed E-state index contributed by atoms with van der Waals surface area (Å²) in [6, 6.07) is 29.8. The Morgan fingerprint density at radius 3 is 1.93 bits per heavy atom. The molecule has 2 heterocycles. The monoisotopic (exact) mass is 948 g/mol. The number of phenols is 1. The van der Waals surface area contributed by atoms with Crippen LogP contribution in [0.3, 0.4) is 0 Å². The standard InChI is InChI=1S/C66H69N3O/c1-41-26-28-43(29-27-41)45-32-33-67-56(38-45)48-35-47(36-49(37-48)63(3,4)5)52-23-19-25-58-60(52)68-62(53-39-50(64(6,7)8)40-55(61(53)70)66(12,13)14)69(58)57-31-30-46(34-42(57)2)59-51(44-20-16-15-17-21-44)22-18-24-54(59)65(9,10)11/h15-40,70H,1-14H3/i1D3,2D3,6D3,7D3,8D3,12D3,13D3,14D3,26D,27D,28D,29D. The van der Waals surface area contributed by atoms with Crippen LogP contribution < -0.4 is 0 Å². The highest BCUT2D eigenvalue weighted by Crippen LogP contribution is 2.47. The minimum absolute atomic E-state index is 0.0729. The highest BCUT2D eigenvalue weighted by Gasteiger charge is 2.30. The Bertz CT molecular complexity index is 4480. The SMILES string of the molecule is [2H]c1c([2H])c(C([2H])([2H])[2H])c([2H])c([2H])c1-c1ccnc(-c2cc(-c3cccc4c3nc(-c3cc(C(C([2H])([2H])[2H])(C([2H])([2H])[2H])C([2H])([2H])[2H])cc(C(C([2H])([2H])[2H])(C([2H])([2H])[2H])C([2H])([2H])[2H])c3O)n4-c3ccc(-c4c(-c5ccccc5)cccc4C(C)(C)C)cc3C([2H])([2H])[2H])cc(C(C)(C)C)c2)c1. The first-order valence-electron chi connectivity index (χ1n) is 36.5. The number of aryl methyl sites for hydroxylation is 1. The van der Waals surface area contributed by atoms with Gasteiger partial charge in [-0.1, -0.05) is 191 Å². The fraction of sp³-hybridized carbons (Fsp3) is 0.273. The van der Waals surface area contributed by atoms with Gasteiger partial charge in [0.25, 0.3) is 0 Å². The first-order chi connectivity index (χ1) is 44.6. The van der Waals surface area contributed by atoms with E-state index in [-0.39, 0.29) is 45.2 Å². The van der Waals surface area contributed by atoms with Gasteiger partial charge < -0.3 is 5.11 Å². The maximum Gasteiger partial charge on any atom is 0.149 e. The van der Waals surface area contributed by atoms with Crippen molar-refractivity contribution >= 4 is 11.0 Å². The Labute approximate surface area is 456 Å². The molecule has 0 aliphatic carbocycles. The lowest BCUT2D eigenvalue weighted by Gasteiger charge is -2.28. The van der Waals surface area contributed by atoms with Crippen LogP contribution in [-0.2, 0) is 21.7 Å². The van der Waals surface area contributed by atoms with Gasteiger partial charge >= 0.3 is 0 Å². The molecule has 0 fully saturated rings. The molecule has 0 spiro atoms. The lowest BCUT2D eigenvalue weighted by Crippen LogP contribution is -2.17. The largest absolute Gasteiger partial charge is 0.507 e. The molecule has 0 bridgehead atoms. The molecule has 0 saturated carbocycles. The zero-order valence-corrected chi connectivity index (χ0v) is 39.5. The van der Waals surface area contributed by atoms with Crippen LogP contribution in [0.15, 0.2) is 158 Å². The van der Waals surface area contributed by atoms with Gasteiger partial charge in [-0.25, -0.2) is 4.98 Å². The van der Waals surface area contributed by atoms with E-state index in [4.69, 9.17) is 39.3 Å². The first kappa shape index (κ1) is 24.7. The predicted molar refractivity (Wildman–Crippen MR) is 297 cm³/mol. The summed E-state index contributed by atoms with van der Waals surface area (Å²) in [5.41, 5.74) is -10.8. The van der Waals surface area contributed by atoms with Gasteiger partial charge in [0, 0.05) is 55.8 Å². The normalized spacial score (nSPS) is 19.8. The molecule has 0 amide bonds. The Kier molecular flexibility index (Phi) is 6.25. The zero-order chi connectivity index (χ0) is 73.6. The van der Waals surface area contributed by atoms with Crippen LogP contribution in [0.4, 0.5) is 0 Å². The summed E-state index contributed by atoms with van der Waals surface area (Å²) in [5.74, 6) is -2.31. The third-order valence-electron chi connectivity index (χ3n) is 12.4. The van der Waals surface area contributed by atoms with Crippen LogP contribution in [0.5, 0.6) is 5.75 Å². The molecule has 70 heavy (non-hydrogen) atoms. The minimum Gasteiger partial charge on any atom is -0.507 e. The molecular weight excluding hydrogens is 851 g/mol. The van der Waals surface area contributed by atoms with E-state index in [0.717, 1.165) is 15.7 Å². The van der Waals surface area contributed by atoms with Crippen LogP contribution >= 0.6 is 0 Å². The lowest BCUT2D eigenvalue weighted by molar-refractivity contribution is 0.446. The molecule has 0 aliphatic heterocycles. The van der Waals surface area contributed by atoms with E-state index in [9.17, 15) is 9.22 Å². The van der Waals surface area contributed by atoms with Gasteiger partial charge in [-0.3, -0.25) is 9.55 Å². The molecule has 0 saturated heterocycles. The number of benzene rings is 7. The van der Waals surface area contributed by atoms with Crippen molar-refractivity contribution in [3.63, 3.8) is 0 Å². The molecule has 0 unspecified atom stereocenters. The molecule has 9 rings (SSSR count). The molecule has 0 radical (unpaired) electrons. The van der Waals surface area contributed by atoms with Gasteiger partial charge in [-0.15, -0.1) is 0 Å². The van der Waals surface area contributed by atoms with Crippen molar-refractivity contribution < 1.29 is 43.5 Å². The molecule has 4 nitrogen and oxygen atoms in total. The van der Waals surface area contributed by atoms with Crippen molar-refractivity contribution in [1.29, 1.82) is 0 Å². The third-order valence-corrected chi connectivity index (χ3v) is 12.4. The summed E-state index contributed by atoms with van der Waals surface area (Å²) in [7, 11) is 0. The number of rotatable bonds is 7. The second-order valence-corrected chi connectivity index (χ2v) is 19.7. The summed E-state index contributed by atoms with van der Waals surface area (Å²) < 4.78 is 247. The van der Waals surface area contributed by atoms with Crippen molar-refractivity contribution in [2.24, 2.45) is 0 Å². The molecule has 7 aromatic carbocycles. The Hall–Kier alpha value is -7.04. The van der Waals surface area contributed by atoms with Crippen LogP contribution in [-0.4, -0.2) is 19.6 Å². The van der Waals surface area contributed by atoms with E-state index in [2.05, 4.69) is 4.98 Å². The van der Waals surface area contributed by atoms with Crippen LogP contribution in [0.2, 0.25) is 0 Å². The van der Waals surface area contributed by atoms with Crippen molar-refractivity contribution in [3.05, 3.63) is 191 Å². The van der Waals surface area contributed by atoms with Gasteiger partial charge in [0.05, 0.1) is 33.5 Å². The number of fused-ring (bicyclic) bond motifs is 1. The molecule has 4 heteroatoms. The fourth-order valence-electron chi connectivity index (χ4n) is 8.86. The number of aromatic hydroxyl groups is 1. The number of aromatic nitrogens is 3. The molecule has 9 aromatic rings. The van der Waals surface area contributed by atoms with E-state index in [0.29, 0.717) is 39.4 Å². The van der Waals surface area contributed by atoms with E-state index < -0.39 is 140 Å². The number of imidazole rings is 1. The van der Waals surface area contributed by atoms with E-state index in [1.807, 2.05) is 90.1 Å². The van der Waals surface area contributed by atoms with Gasteiger partial charge in [-0.05, 0) is 145 Å². The second kappa shape index (κ2) is 17.7. The smallest absolute Gasteiger partial charge is 0.149 e. The second-order valence-electron chi connectivity index (χ2n) is 19.7. The van der Waals surface area contributed by atoms with E-state index in [1.54, 1.807) is 30.3 Å². The summed E-state index contributed by atoms with van der Waals surface area (Å²) in [6.07, 6.45) is 1.35. The van der Waals surface area contributed by atoms with Crippen molar-refractivity contribution in [2.45, 2.75) is 118 Å². The van der Waals surface area contributed by atoms with Crippen molar-refractivity contribution in [3.8, 4) is 78.6 Å². The average molecular weight is 948 g/mol. The number of hydrogen-bond acceptors (Lipinski definition) is 3. The zero-order valence-electron chi connectivity index (χ0n) is 67.5. The third kappa shape index (κ3) is 9.25. The summed E-state index contributed by atoms with van der Waals surface area (Å²) in [4.78, 5) is 9.71. The molecule has 0 aliphatic rings. The highest BCUT2D eigenvalue weighted by atomic mass is 16.3. The first-order valence-corrected chi connectivity index (χ1v) is 22.5. The van der Waals surface area contributed by atoms with Gasteiger partial charge in [0.1, 0.15) is 11.6 Å². The number of para-hydroxylation sites is 1. The molecule has 0 atom stereocenters. The number of pyridine rings is 1. The van der Waals surface area contributed by atoms with Gasteiger partial charge in [0.2, 0.25) is 0 Å². The lowest BCUT2D eigenvalue weighted by atomic mass is 9.78.